The number of aryl methyl sites for hydroxylation is 1. The summed E-state index contributed by atoms with van der Waals surface area (Å²) in [7, 11) is 0. The lowest BCUT2D eigenvalue weighted by Gasteiger charge is -2.31. The quantitative estimate of drug-likeness (QED) is 0.849. The van der Waals surface area contributed by atoms with Crippen LogP contribution in [-0.2, 0) is 19.4 Å². The van der Waals surface area contributed by atoms with E-state index in [9.17, 15) is 0 Å². The highest BCUT2D eigenvalue weighted by atomic mass is 15.1. The first-order chi connectivity index (χ1) is 11.8. The SMILES string of the molecule is Nc1ccc2c(c1)C(NCCN1CCc3ccccc3C1)CCC2. The number of hydrogen-bond acceptors (Lipinski definition) is 3. The molecule has 1 atom stereocenters. The van der Waals surface area contributed by atoms with Gasteiger partial charge in [-0.1, -0.05) is 30.3 Å². The second kappa shape index (κ2) is 6.96. The zero-order chi connectivity index (χ0) is 16.4. The molecule has 4 rings (SSSR count). The van der Waals surface area contributed by atoms with Crippen LogP contribution < -0.4 is 11.1 Å². The molecular weight excluding hydrogens is 294 g/mol. The highest BCUT2D eigenvalue weighted by Crippen LogP contribution is 2.31. The maximum atomic E-state index is 6.00. The molecule has 0 spiro atoms. The average Bonchev–Trinajstić information content (AvgIpc) is 2.62. The van der Waals surface area contributed by atoms with E-state index in [2.05, 4.69) is 46.6 Å². The highest BCUT2D eigenvalue weighted by molar-refractivity contribution is 5.47. The Bertz CT molecular complexity index is 710. The minimum atomic E-state index is 0.467. The van der Waals surface area contributed by atoms with Gasteiger partial charge < -0.3 is 11.1 Å². The van der Waals surface area contributed by atoms with Crippen LogP contribution >= 0.6 is 0 Å². The topological polar surface area (TPSA) is 41.3 Å². The second-order valence-electron chi connectivity index (χ2n) is 7.15. The summed E-state index contributed by atoms with van der Waals surface area (Å²) in [6.45, 7) is 4.42. The number of nitrogens with two attached hydrogens (primary N) is 1. The molecule has 1 heterocycles. The molecule has 2 aliphatic rings. The largest absolute Gasteiger partial charge is 0.399 e. The Morgan fingerprint density at radius 1 is 1.04 bits per heavy atom. The number of fused-ring (bicyclic) bond motifs is 2. The van der Waals surface area contributed by atoms with E-state index in [-0.39, 0.29) is 0 Å². The van der Waals surface area contributed by atoms with Gasteiger partial charge in [-0.05, 0) is 60.1 Å². The van der Waals surface area contributed by atoms with Gasteiger partial charge in [0.05, 0.1) is 0 Å². The summed E-state index contributed by atoms with van der Waals surface area (Å²) in [5, 5.41) is 3.78. The third kappa shape index (κ3) is 3.33. The predicted octanol–water partition coefficient (Wildman–Crippen LogP) is 3.29. The minimum Gasteiger partial charge on any atom is -0.399 e. The van der Waals surface area contributed by atoms with E-state index in [0.29, 0.717) is 6.04 Å². The molecule has 2 aromatic carbocycles. The first-order valence-electron chi connectivity index (χ1n) is 9.20. The number of benzene rings is 2. The monoisotopic (exact) mass is 321 g/mol. The molecule has 1 aliphatic carbocycles. The highest BCUT2D eigenvalue weighted by Gasteiger charge is 2.20. The molecule has 2 aromatic rings. The smallest absolute Gasteiger partial charge is 0.0324 e. The molecule has 1 aliphatic heterocycles. The minimum absolute atomic E-state index is 0.467. The fraction of sp³-hybridized carbons (Fsp3) is 0.429. The van der Waals surface area contributed by atoms with Crippen molar-refractivity contribution in [1.29, 1.82) is 0 Å². The van der Waals surface area contributed by atoms with Crippen molar-refractivity contribution in [1.82, 2.24) is 10.2 Å². The summed E-state index contributed by atoms with van der Waals surface area (Å²) >= 11 is 0. The Kier molecular flexibility index (Phi) is 4.54. The summed E-state index contributed by atoms with van der Waals surface area (Å²) in [6.07, 6.45) is 4.86. The van der Waals surface area contributed by atoms with E-state index in [1.54, 1.807) is 0 Å². The van der Waals surface area contributed by atoms with Crippen LogP contribution in [0.2, 0.25) is 0 Å². The Labute approximate surface area is 144 Å². The molecule has 1 unspecified atom stereocenters. The molecule has 24 heavy (non-hydrogen) atoms. The van der Waals surface area contributed by atoms with Crippen LogP contribution in [0.3, 0.4) is 0 Å². The van der Waals surface area contributed by atoms with Crippen molar-refractivity contribution in [3.05, 3.63) is 64.7 Å². The second-order valence-corrected chi connectivity index (χ2v) is 7.15. The maximum Gasteiger partial charge on any atom is 0.0324 e. The zero-order valence-electron chi connectivity index (χ0n) is 14.3. The van der Waals surface area contributed by atoms with Crippen LogP contribution in [0.5, 0.6) is 0 Å². The molecule has 0 bridgehead atoms. The number of nitrogens with zero attached hydrogens (tertiary/aromatic N) is 1. The molecule has 3 nitrogen and oxygen atoms in total. The lowest BCUT2D eigenvalue weighted by atomic mass is 9.87. The molecule has 0 radical (unpaired) electrons. The average molecular weight is 321 g/mol. The van der Waals surface area contributed by atoms with Gasteiger partial charge in [0.25, 0.3) is 0 Å². The van der Waals surface area contributed by atoms with Gasteiger partial charge in [0.1, 0.15) is 0 Å². The van der Waals surface area contributed by atoms with Crippen molar-refractivity contribution in [2.45, 2.75) is 38.3 Å². The van der Waals surface area contributed by atoms with Crippen LogP contribution in [0.1, 0.15) is 41.1 Å². The van der Waals surface area contributed by atoms with Crippen LogP contribution in [0, 0.1) is 0 Å². The van der Waals surface area contributed by atoms with Crippen molar-refractivity contribution in [2.24, 2.45) is 0 Å². The lowest BCUT2D eigenvalue weighted by molar-refractivity contribution is 0.248. The van der Waals surface area contributed by atoms with Gasteiger partial charge in [0.15, 0.2) is 0 Å². The van der Waals surface area contributed by atoms with E-state index in [0.717, 1.165) is 25.3 Å². The van der Waals surface area contributed by atoms with E-state index < -0.39 is 0 Å². The van der Waals surface area contributed by atoms with Crippen LogP contribution in [0.4, 0.5) is 5.69 Å². The molecule has 0 aromatic heterocycles. The summed E-state index contributed by atoms with van der Waals surface area (Å²) in [5.74, 6) is 0. The normalized spacial score (nSPS) is 20.4. The van der Waals surface area contributed by atoms with E-state index >= 15 is 0 Å². The Hall–Kier alpha value is -1.84. The van der Waals surface area contributed by atoms with E-state index in [4.69, 9.17) is 5.73 Å². The van der Waals surface area contributed by atoms with E-state index in [1.807, 2.05) is 6.07 Å². The summed E-state index contributed by atoms with van der Waals surface area (Å²) in [6, 6.07) is 15.7. The number of rotatable bonds is 4. The van der Waals surface area contributed by atoms with Gasteiger partial charge in [-0.25, -0.2) is 0 Å². The molecule has 3 N–H and O–H groups in total. The molecule has 0 saturated heterocycles. The first kappa shape index (κ1) is 15.7. The number of hydrogen-bond donors (Lipinski definition) is 2. The fourth-order valence-corrected chi connectivity index (χ4v) is 4.17. The van der Waals surface area contributed by atoms with Gasteiger partial charge in [-0.2, -0.15) is 0 Å². The molecule has 0 fully saturated rings. The van der Waals surface area contributed by atoms with Crippen molar-refractivity contribution in [3.63, 3.8) is 0 Å². The van der Waals surface area contributed by atoms with Crippen molar-refractivity contribution < 1.29 is 0 Å². The van der Waals surface area contributed by atoms with Crippen molar-refractivity contribution >= 4 is 5.69 Å². The summed E-state index contributed by atoms with van der Waals surface area (Å²) < 4.78 is 0. The van der Waals surface area contributed by atoms with Crippen LogP contribution in [0.15, 0.2) is 42.5 Å². The summed E-state index contributed by atoms with van der Waals surface area (Å²) in [4.78, 5) is 2.57. The van der Waals surface area contributed by atoms with Gasteiger partial charge in [-0.15, -0.1) is 0 Å². The van der Waals surface area contributed by atoms with Crippen LogP contribution in [0.25, 0.3) is 0 Å². The van der Waals surface area contributed by atoms with Gasteiger partial charge >= 0.3 is 0 Å². The lowest BCUT2D eigenvalue weighted by Crippen LogP contribution is -2.37. The Balaban J connectivity index is 1.34. The van der Waals surface area contributed by atoms with Crippen molar-refractivity contribution in [2.75, 3.05) is 25.4 Å². The van der Waals surface area contributed by atoms with Gasteiger partial charge in [0.2, 0.25) is 0 Å². The predicted molar refractivity (Wildman–Crippen MR) is 100.0 cm³/mol. The Morgan fingerprint density at radius 3 is 2.83 bits per heavy atom. The number of nitrogens with one attached hydrogen (secondary N) is 1. The molecule has 0 saturated carbocycles. The molecule has 0 amide bonds. The fourth-order valence-electron chi connectivity index (χ4n) is 4.17. The third-order valence-electron chi connectivity index (χ3n) is 5.51. The first-order valence-corrected chi connectivity index (χ1v) is 9.20. The molecular formula is C21H27N3. The summed E-state index contributed by atoms with van der Waals surface area (Å²) in [5.41, 5.74) is 12.8. The number of nitrogen functional groups attached to an aromatic ring is 1. The number of anilines is 1. The zero-order valence-corrected chi connectivity index (χ0v) is 14.3. The van der Waals surface area contributed by atoms with Crippen LogP contribution in [-0.4, -0.2) is 24.5 Å². The standard InChI is InChI=1S/C21H27N3/c22-19-9-8-17-6-3-7-21(20(17)14-19)23-11-13-24-12-10-16-4-1-2-5-18(16)15-24/h1-2,4-5,8-9,14,21,23H,3,6-7,10-13,15,22H2. The van der Waals surface area contributed by atoms with Gasteiger partial charge in [-0.3, -0.25) is 4.90 Å². The van der Waals surface area contributed by atoms with Gasteiger partial charge in [0, 0.05) is 37.9 Å². The Morgan fingerprint density at radius 2 is 1.92 bits per heavy atom. The van der Waals surface area contributed by atoms with Crippen molar-refractivity contribution in [3.8, 4) is 0 Å². The third-order valence-corrected chi connectivity index (χ3v) is 5.51. The molecule has 126 valence electrons. The van der Waals surface area contributed by atoms with E-state index in [1.165, 1.54) is 54.5 Å². The molecule has 3 heteroatoms. The maximum absolute atomic E-state index is 6.00.